The smallest absolute Gasteiger partial charge is 0.315 e. The number of rotatable bonds is 9. The standard InChI is InChI=1S/C20H23N3O6/c1-13-9-14(7-8-17(13)28-2)5-4-6-19(24)22-21-12-15-10-16(23(26)27)20(25)18(11-15)29-3/h7-12,25H,4-6H2,1-3H3,(H,22,24). The SMILES string of the molecule is COc1ccc(CCCC(=O)NN=Cc2cc(OC)c(O)c([N+](=O)[O-])c2)cc1C. The number of carbonyl (C=O) groups excluding carboxylic acids is 1. The lowest BCUT2D eigenvalue weighted by atomic mass is 10.1. The summed E-state index contributed by atoms with van der Waals surface area (Å²) in [4.78, 5) is 22.2. The van der Waals surface area contributed by atoms with Crippen LogP contribution >= 0.6 is 0 Å². The van der Waals surface area contributed by atoms with Gasteiger partial charge >= 0.3 is 5.69 Å². The van der Waals surface area contributed by atoms with Crippen molar-refractivity contribution in [2.45, 2.75) is 26.2 Å². The normalized spacial score (nSPS) is 10.7. The van der Waals surface area contributed by atoms with Gasteiger partial charge in [0.25, 0.3) is 0 Å². The number of hydrogen-bond donors (Lipinski definition) is 2. The summed E-state index contributed by atoms with van der Waals surface area (Å²) in [6.45, 7) is 1.96. The Morgan fingerprint density at radius 1 is 1.24 bits per heavy atom. The maximum atomic E-state index is 11.9. The Hall–Kier alpha value is -3.62. The zero-order valence-electron chi connectivity index (χ0n) is 16.5. The minimum atomic E-state index is -0.728. The van der Waals surface area contributed by atoms with Crippen molar-refractivity contribution < 1.29 is 24.3 Å². The number of aryl methyl sites for hydroxylation is 2. The second kappa shape index (κ2) is 10.1. The molecular weight excluding hydrogens is 378 g/mol. The number of phenols is 1. The highest BCUT2D eigenvalue weighted by Crippen LogP contribution is 2.36. The predicted octanol–water partition coefficient (Wildman–Crippen LogP) is 3.10. The Balaban J connectivity index is 1.89. The Labute approximate surface area is 168 Å². The molecule has 2 aromatic carbocycles. The highest BCUT2D eigenvalue weighted by atomic mass is 16.6. The van der Waals surface area contributed by atoms with E-state index < -0.39 is 16.4 Å². The Morgan fingerprint density at radius 3 is 2.59 bits per heavy atom. The molecule has 0 spiro atoms. The molecule has 2 aromatic rings. The molecule has 9 nitrogen and oxygen atoms in total. The third-order valence-corrected chi connectivity index (χ3v) is 4.23. The van der Waals surface area contributed by atoms with Gasteiger partial charge in [-0.25, -0.2) is 5.43 Å². The molecule has 0 atom stereocenters. The molecule has 0 heterocycles. The molecule has 0 fully saturated rings. The molecule has 0 aliphatic heterocycles. The number of hydrogen-bond acceptors (Lipinski definition) is 7. The molecule has 0 saturated heterocycles. The van der Waals surface area contributed by atoms with Crippen LogP contribution in [0.1, 0.15) is 29.5 Å². The molecular formula is C20H23N3O6. The molecule has 0 aliphatic carbocycles. The van der Waals surface area contributed by atoms with Gasteiger partial charge in [0.2, 0.25) is 11.7 Å². The van der Waals surface area contributed by atoms with Crippen LogP contribution in [0.4, 0.5) is 5.69 Å². The number of nitro benzene ring substituents is 1. The monoisotopic (exact) mass is 401 g/mol. The van der Waals surface area contributed by atoms with Crippen LogP contribution < -0.4 is 14.9 Å². The van der Waals surface area contributed by atoms with Gasteiger partial charge in [-0.3, -0.25) is 14.9 Å². The summed E-state index contributed by atoms with van der Waals surface area (Å²) in [6, 6.07) is 8.41. The van der Waals surface area contributed by atoms with E-state index >= 15 is 0 Å². The van der Waals surface area contributed by atoms with Crippen LogP contribution in [0.15, 0.2) is 35.4 Å². The van der Waals surface area contributed by atoms with Crippen molar-refractivity contribution in [2.24, 2.45) is 5.10 Å². The molecule has 0 bridgehead atoms. The van der Waals surface area contributed by atoms with Crippen LogP contribution in [0.5, 0.6) is 17.2 Å². The van der Waals surface area contributed by atoms with Crippen molar-refractivity contribution in [3.8, 4) is 17.2 Å². The highest BCUT2D eigenvalue weighted by molar-refractivity contribution is 5.84. The minimum Gasteiger partial charge on any atom is -0.500 e. The summed E-state index contributed by atoms with van der Waals surface area (Å²) in [6.07, 6.45) is 2.91. The van der Waals surface area contributed by atoms with E-state index in [4.69, 9.17) is 9.47 Å². The average Bonchev–Trinajstić information content (AvgIpc) is 2.69. The molecule has 29 heavy (non-hydrogen) atoms. The molecule has 1 amide bonds. The topological polar surface area (TPSA) is 123 Å². The van der Waals surface area contributed by atoms with Gasteiger partial charge in [0.05, 0.1) is 25.4 Å². The fourth-order valence-corrected chi connectivity index (χ4v) is 2.77. The van der Waals surface area contributed by atoms with Gasteiger partial charge in [0, 0.05) is 18.1 Å². The van der Waals surface area contributed by atoms with Crippen LogP contribution in [-0.2, 0) is 11.2 Å². The second-order valence-electron chi connectivity index (χ2n) is 6.30. The lowest BCUT2D eigenvalue weighted by Gasteiger charge is -2.07. The number of ether oxygens (including phenoxy) is 2. The number of aromatic hydroxyl groups is 1. The van der Waals surface area contributed by atoms with E-state index in [9.17, 15) is 20.0 Å². The Kier molecular flexibility index (Phi) is 7.53. The summed E-state index contributed by atoms with van der Waals surface area (Å²) in [5.74, 6) is -0.0622. The van der Waals surface area contributed by atoms with Crippen molar-refractivity contribution in [1.29, 1.82) is 0 Å². The number of nitro groups is 1. The van der Waals surface area contributed by atoms with Crippen LogP contribution in [0.25, 0.3) is 0 Å². The molecule has 0 radical (unpaired) electrons. The number of nitrogens with zero attached hydrogens (tertiary/aromatic N) is 2. The number of carbonyl (C=O) groups is 1. The van der Waals surface area contributed by atoms with Crippen molar-refractivity contribution in [3.63, 3.8) is 0 Å². The first-order chi connectivity index (χ1) is 13.8. The fraction of sp³-hybridized carbons (Fsp3) is 0.300. The maximum absolute atomic E-state index is 11.9. The van der Waals surface area contributed by atoms with Crippen LogP contribution in [0.3, 0.4) is 0 Å². The van der Waals surface area contributed by atoms with E-state index in [0.29, 0.717) is 12.0 Å². The van der Waals surface area contributed by atoms with E-state index in [-0.39, 0.29) is 18.1 Å². The molecule has 2 rings (SSSR count). The largest absolute Gasteiger partial charge is 0.500 e. The lowest BCUT2D eigenvalue weighted by Crippen LogP contribution is -2.17. The molecule has 154 valence electrons. The fourth-order valence-electron chi connectivity index (χ4n) is 2.77. The molecule has 9 heteroatoms. The van der Waals surface area contributed by atoms with Gasteiger partial charge in [-0.15, -0.1) is 0 Å². The van der Waals surface area contributed by atoms with Crippen molar-refractivity contribution >= 4 is 17.8 Å². The number of phenolic OH excluding ortho intramolecular Hbond substituents is 1. The molecule has 0 unspecified atom stereocenters. The zero-order chi connectivity index (χ0) is 21.4. The first-order valence-corrected chi connectivity index (χ1v) is 8.86. The van der Waals surface area contributed by atoms with Crippen LogP contribution in [-0.4, -0.2) is 36.4 Å². The van der Waals surface area contributed by atoms with E-state index in [1.165, 1.54) is 19.4 Å². The van der Waals surface area contributed by atoms with Gasteiger partial charge in [0.1, 0.15) is 5.75 Å². The highest BCUT2D eigenvalue weighted by Gasteiger charge is 2.19. The van der Waals surface area contributed by atoms with Crippen LogP contribution in [0.2, 0.25) is 0 Å². The number of nitrogens with one attached hydrogen (secondary N) is 1. The van der Waals surface area contributed by atoms with Gasteiger partial charge in [0.15, 0.2) is 5.75 Å². The summed E-state index contributed by atoms with van der Waals surface area (Å²) in [5.41, 5.74) is 4.34. The predicted molar refractivity (Wildman–Crippen MR) is 108 cm³/mol. The average molecular weight is 401 g/mol. The molecule has 0 aromatic heterocycles. The molecule has 2 N–H and O–H groups in total. The third-order valence-electron chi connectivity index (χ3n) is 4.23. The molecule has 0 saturated carbocycles. The third kappa shape index (κ3) is 5.93. The first-order valence-electron chi connectivity index (χ1n) is 8.86. The van der Waals surface area contributed by atoms with Crippen molar-refractivity contribution in [3.05, 3.63) is 57.1 Å². The number of amides is 1. The van der Waals surface area contributed by atoms with Crippen molar-refractivity contribution in [2.75, 3.05) is 14.2 Å². The minimum absolute atomic E-state index is 0.0539. The van der Waals surface area contributed by atoms with Gasteiger partial charge in [-0.05, 0) is 43.0 Å². The second-order valence-corrected chi connectivity index (χ2v) is 6.30. The first kappa shape index (κ1) is 21.7. The van der Waals surface area contributed by atoms with Gasteiger partial charge in [-0.1, -0.05) is 12.1 Å². The number of methoxy groups -OCH3 is 2. The number of hydrazone groups is 1. The maximum Gasteiger partial charge on any atom is 0.315 e. The van der Waals surface area contributed by atoms with E-state index in [2.05, 4.69) is 10.5 Å². The van der Waals surface area contributed by atoms with E-state index in [0.717, 1.165) is 29.4 Å². The summed E-state index contributed by atoms with van der Waals surface area (Å²) < 4.78 is 10.1. The van der Waals surface area contributed by atoms with Crippen LogP contribution in [0, 0.1) is 17.0 Å². The quantitative estimate of drug-likeness (QED) is 0.378. The van der Waals surface area contributed by atoms with E-state index in [1.54, 1.807) is 7.11 Å². The van der Waals surface area contributed by atoms with E-state index in [1.807, 2.05) is 25.1 Å². The summed E-state index contributed by atoms with van der Waals surface area (Å²) in [7, 11) is 2.91. The van der Waals surface area contributed by atoms with Gasteiger partial charge < -0.3 is 14.6 Å². The van der Waals surface area contributed by atoms with Crippen molar-refractivity contribution in [1.82, 2.24) is 5.43 Å². The Bertz CT molecular complexity index is 927. The molecule has 0 aliphatic rings. The lowest BCUT2D eigenvalue weighted by molar-refractivity contribution is -0.386. The number of benzene rings is 2. The summed E-state index contributed by atoms with van der Waals surface area (Å²) >= 11 is 0. The zero-order valence-corrected chi connectivity index (χ0v) is 16.5. The Morgan fingerprint density at radius 2 is 1.97 bits per heavy atom. The summed E-state index contributed by atoms with van der Waals surface area (Å²) in [5, 5.41) is 24.5. The van der Waals surface area contributed by atoms with Gasteiger partial charge in [-0.2, -0.15) is 5.10 Å².